The minimum atomic E-state index is 1.00. The topological polar surface area (TPSA) is 22.2 Å². The van der Waals surface area contributed by atoms with Crippen molar-refractivity contribution >= 4 is 49.1 Å². The molecule has 0 aliphatic heterocycles. The van der Waals surface area contributed by atoms with E-state index in [4.69, 9.17) is 0 Å². The summed E-state index contributed by atoms with van der Waals surface area (Å²) >= 11 is 0. The molecule has 3 heteroatoms. The lowest BCUT2D eigenvalue weighted by atomic mass is 10.0. The predicted molar refractivity (Wildman–Crippen MR) is 125 cm³/mol. The molecule has 30 heavy (non-hydrogen) atoms. The van der Waals surface area contributed by atoms with Crippen LogP contribution in [0.25, 0.3) is 54.8 Å². The van der Waals surface area contributed by atoms with Crippen molar-refractivity contribution in [3.8, 4) is 5.69 Å². The Balaban J connectivity index is 1.83. The zero-order valence-electron chi connectivity index (χ0n) is 16.2. The molecule has 0 atom stereocenters. The highest BCUT2D eigenvalue weighted by Gasteiger charge is 2.18. The molecule has 0 aliphatic carbocycles. The number of rotatable bonds is 1. The molecule has 0 saturated heterocycles. The molecule has 0 saturated carbocycles. The van der Waals surface area contributed by atoms with Crippen LogP contribution in [0, 0.1) is 0 Å². The highest BCUT2D eigenvalue weighted by molar-refractivity contribution is 6.28. The van der Waals surface area contributed by atoms with Crippen molar-refractivity contribution in [3.63, 3.8) is 0 Å². The third kappa shape index (κ3) is 1.91. The number of aromatic nitrogens is 3. The third-order valence-corrected chi connectivity index (χ3v) is 6.17. The van der Waals surface area contributed by atoms with E-state index in [2.05, 4.69) is 111 Å². The van der Waals surface area contributed by atoms with Gasteiger partial charge in [0.15, 0.2) is 0 Å². The normalized spacial score (nSPS) is 12.0. The molecule has 0 bridgehead atoms. The summed E-state index contributed by atoms with van der Waals surface area (Å²) in [6.45, 7) is 0. The molecule has 0 radical (unpaired) electrons. The summed E-state index contributed by atoms with van der Waals surface area (Å²) in [5.74, 6) is 0. The van der Waals surface area contributed by atoms with Gasteiger partial charge in [0.2, 0.25) is 0 Å². The first-order valence-electron chi connectivity index (χ1n) is 10.2. The van der Waals surface area contributed by atoms with Crippen molar-refractivity contribution in [1.82, 2.24) is 14.0 Å². The first kappa shape index (κ1) is 15.8. The first-order valence-corrected chi connectivity index (χ1v) is 10.2. The molecule has 0 spiro atoms. The maximum absolute atomic E-state index is 4.65. The molecule has 7 aromatic rings. The highest BCUT2D eigenvalue weighted by Crippen LogP contribution is 2.40. The lowest BCUT2D eigenvalue weighted by Crippen LogP contribution is -1.94. The number of nitrogens with zero attached hydrogens (tertiary/aromatic N) is 3. The summed E-state index contributed by atoms with van der Waals surface area (Å²) < 4.78 is 4.59. The number of benzene rings is 4. The van der Waals surface area contributed by atoms with E-state index >= 15 is 0 Å². The lowest BCUT2D eigenvalue weighted by molar-refractivity contribution is 1.18. The Kier molecular flexibility index (Phi) is 3.00. The molecular formula is C27H17N3. The van der Waals surface area contributed by atoms with Crippen LogP contribution in [-0.4, -0.2) is 14.0 Å². The van der Waals surface area contributed by atoms with Gasteiger partial charge < -0.3 is 4.57 Å². The van der Waals surface area contributed by atoms with Crippen molar-refractivity contribution in [2.45, 2.75) is 0 Å². The summed E-state index contributed by atoms with van der Waals surface area (Å²) in [5, 5.41) is 6.26. The van der Waals surface area contributed by atoms with Crippen LogP contribution in [0.5, 0.6) is 0 Å². The van der Waals surface area contributed by atoms with Crippen LogP contribution in [0.15, 0.2) is 103 Å². The van der Waals surface area contributed by atoms with Gasteiger partial charge in [-0.1, -0.05) is 60.7 Å². The molecule has 0 amide bonds. The van der Waals surface area contributed by atoms with Crippen molar-refractivity contribution < 1.29 is 0 Å². The molecule has 3 nitrogen and oxygen atoms in total. The van der Waals surface area contributed by atoms with Crippen LogP contribution in [0.1, 0.15) is 0 Å². The van der Waals surface area contributed by atoms with Gasteiger partial charge in [-0.15, -0.1) is 0 Å². The third-order valence-electron chi connectivity index (χ3n) is 6.17. The molecule has 3 heterocycles. The van der Waals surface area contributed by atoms with Crippen molar-refractivity contribution in [3.05, 3.63) is 103 Å². The predicted octanol–water partition coefficient (Wildman–Crippen LogP) is 6.74. The van der Waals surface area contributed by atoms with Crippen LogP contribution >= 0.6 is 0 Å². The average molecular weight is 383 g/mol. The smallest absolute Gasteiger partial charge is 0.145 e. The largest absolute Gasteiger partial charge is 0.309 e. The molecule has 0 unspecified atom stereocenters. The summed E-state index contributed by atoms with van der Waals surface area (Å²) in [4.78, 5) is 4.65. The van der Waals surface area contributed by atoms with E-state index in [-0.39, 0.29) is 0 Å². The van der Waals surface area contributed by atoms with Crippen molar-refractivity contribution in [2.75, 3.05) is 0 Å². The Morgan fingerprint density at radius 3 is 2.07 bits per heavy atom. The van der Waals surface area contributed by atoms with Gasteiger partial charge in [0, 0.05) is 39.6 Å². The molecule has 0 N–H and O–H groups in total. The van der Waals surface area contributed by atoms with Gasteiger partial charge in [-0.2, -0.15) is 0 Å². The Morgan fingerprint density at radius 1 is 0.533 bits per heavy atom. The molecule has 0 fully saturated rings. The second-order valence-electron chi connectivity index (χ2n) is 7.71. The number of fused-ring (bicyclic) bond motifs is 10. The number of hydrogen-bond acceptors (Lipinski definition) is 1. The molecule has 7 rings (SSSR count). The lowest BCUT2D eigenvalue weighted by Gasteiger charge is -2.11. The monoisotopic (exact) mass is 383 g/mol. The van der Waals surface area contributed by atoms with E-state index in [1.54, 1.807) is 0 Å². The Bertz CT molecular complexity index is 1740. The van der Waals surface area contributed by atoms with E-state index in [0.29, 0.717) is 0 Å². The minimum absolute atomic E-state index is 1.00. The SMILES string of the molecule is c1ccc(-n2c3ccccc3c3c4c5ccccc5c5nccn5c4ccc32)cc1. The van der Waals surface area contributed by atoms with Crippen molar-refractivity contribution in [2.24, 2.45) is 0 Å². The summed E-state index contributed by atoms with van der Waals surface area (Å²) in [5.41, 5.74) is 5.81. The van der Waals surface area contributed by atoms with Gasteiger partial charge in [-0.3, -0.25) is 4.40 Å². The van der Waals surface area contributed by atoms with Gasteiger partial charge in [-0.25, -0.2) is 4.98 Å². The van der Waals surface area contributed by atoms with E-state index in [0.717, 1.165) is 5.65 Å². The highest BCUT2D eigenvalue weighted by atomic mass is 15.0. The fourth-order valence-electron chi connectivity index (χ4n) is 4.97. The van der Waals surface area contributed by atoms with Gasteiger partial charge in [0.05, 0.1) is 16.6 Å². The van der Waals surface area contributed by atoms with Crippen LogP contribution < -0.4 is 0 Å². The molecular weight excluding hydrogens is 366 g/mol. The number of pyridine rings is 1. The van der Waals surface area contributed by atoms with E-state index < -0.39 is 0 Å². The second-order valence-corrected chi connectivity index (χ2v) is 7.71. The average Bonchev–Trinajstić information content (AvgIpc) is 3.43. The fourth-order valence-corrected chi connectivity index (χ4v) is 4.97. The Hall–Kier alpha value is -4.11. The quantitative estimate of drug-likeness (QED) is 0.288. The zero-order valence-corrected chi connectivity index (χ0v) is 16.2. The Morgan fingerprint density at radius 2 is 1.20 bits per heavy atom. The standard InChI is InChI=1S/C27H17N3/c1-2-8-18(9-3-1)30-22-13-7-6-12-21(22)26-24(30)15-14-23-25(26)19-10-4-5-11-20(19)27-28-16-17-29(23)27/h1-17H. The zero-order chi connectivity index (χ0) is 19.7. The van der Waals surface area contributed by atoms with Gasteiger partial charge in [0.1, 0.15) is 5.65 Å². The Labute approximate surface area is 172 Å². The molecule has 4 aromatic carbocycles. The van der Waals surface area contributed by atoms with E-state index in [9.17, 15) is 0 Å². The summed E-state index contributed by atoms with van der Waals surface area (Å²) in [7, 11) is 0. The van der Waals surface area contributed by atoms with Gasteiger partial charge >= 0.3 is 0 Å². The second kappa shape index (κ2) is 5.71. The van der Waals surface area contributed by atoms with Crippen LogP contribution in [-0.2, 0) is 0 Å². The number of para-hydroxylation sites is 2. The van der Waals surface area contributed by atoms with E-state index in [1.165, 1.54) is 49.2 Å². The van der Waals surface area contributed by atoms with Crippen LogP contribution in [0.2, 0.25) is 0 Å². The summed E-state index contributed by atoms with van der Waals surface area (Å²) in [6, 6.07) is 32.4. The molecule has 140 valence electrons. The number of imidazole rings is 1. The van der Waals surface area contributed by atoms with E-state index in [1.807, 2.05) is 6.20 Å². The van der Waals surface area contributed by atoms with Crippen molar-refractivity contribution in [1.29, 1.82) is 0 Å². The number of hydrogen-bond donors (Lipinski definition) is 0. The maximum atomic E-state index is 4.65. The van der Waals surface area contributed by atoms with Gasteiger partial charge in [0.25, 0.3) is 0 Å². The van der Waals surface area contributed by atoms with Crippen LogP contribution in [0.3, 0.4) is 0 Å². The maximum Gasteiger partial charge on any atom is 0.145 e. The van der Waals surface area contributed by atoms with Crippen LogP contribution in [0.4, 0.5) is 0 Å². The molecule has 3 aromatic heterocycles. The fraction of sp³-hybridized carbons (Fsp3) is 0. The minimum Gasteiger partial charge on any atom is -0.309 e. The van der Waals surface area contributed by atoms with Gasteiger partial charge in [-0.05, 0) is 35.7 Å². The summed E-state index contributed by atoms with van der Waals surface area (Å²) in [6.07, 6.45) is 3.95. The first-order chi connectivity index (χ1) is 14.9. The molecule has 0 aliphatic rings.